The predicted octanol–water partition coefficient (Wildman–Crippen LogP) is 3.49. The second kappa shape index (κ2) is 5.44. The third-order valence-electron chi connectivity index (χ3n) is 3.60. The zero-order valence-electron chi connectivity index (χ0n) is 9.88. The quantitative estimate of drug-likeness (QED) is 0.820. The van der Waals surface area contributed by atoms with Crippen LogP contribution < -0.4 is 5.32 Å². The van der Waals surface area contributed by atoms with Crippen LogP contribution in [0.5, 0.6) is 0 Å². The lowest BCUT2D eigenvalue weighted by Gasteiger charge is -2.12. The minimum Gasteiger partial charge on any atom is -0.310 e. The topological polar surface area (TPSA) is 12.0 Å². The van der Waals surface area contributed by atoms with Crippen molar-refractivity contribution in [3.63, 3.8) is 0 Å². The van der Waals surface area contributed by atoms with Gasteiger partial charge in [0.2, 0.25) is 0 Å². The van der Waals surface area contributed by atoms with Crippen LogP contribution in [0.3, 0.4) is 0 Å². The summed E-state index contributed by atoms with van der Waals surface area (Å²) in [5.41, 5.74) is 1.04. The number of halogens is 1. The van der Waals surface area contributed by atoms with E-state index in [4.69, 9.17) is 0 Å². The van der Waals surface area contributed by atoms with Crippen molar-refractivity contribution >= 4 is 0 Å². The first-order chi connectivity index (χ1) is 7.78. The maximum atomic E-state index is 13.0. The molecular formula is C14H20FN. The third-order valence-corrected chi connectivity index (χ3v) is 3.60. The molecule has 0 spiro atoms. The summed E-state index contributed by atoms with van der Waals surface area (Å²) in [4.78, 5) is 0. The summed E-state index contributed by atoms with van der Waals surface area (Å²) in [5.74, 6) is 0.752. The molecule has 0 aromatic heterocycles. The first-order valence-electron chi connectivity index (χ1n) is 6.25. The van der Waals surface area contributed by atoms with E-state index < -0.39 is 0 Å². The SMILES string of the molecule is CCC1CCC(NCc2cccc(F)c2)C1. The van der Waals surface area contributed by atoms with E-state index in [0.717, 1.165) is 18.0 Å². The van der Waals surface area contributed by atoms with Crippen molar-refractivity contribution < 1.29 is 4.39 Å². The number of benzene rings is 1. The second-order valence-electron chi connectivity index (χ2n) is 4.80. The highest BCUT2D eigenvalue weighted by Crippen LogP contribution is 2.27. The van der Waals surface area contributed by atoms with Crippen LogP contribution in [0, 0.1) is 11.7 Å². The molecule has 1 N–H and O–H groups in total. The van der Waals surface area contributed by atoms with Gasteiger partial charge in [0.1, 0.15) is 5.82 Å². The smallest absolute Gasteiger partial charge is 0.123 e. The highest BCUT2D eigenvalue weighted by atomic mass is 19.1. The summed E-state index contributed by atoms with van der Waals surface area (Å²) >= 11 is 0. The number of nitrogens with one attached hydrogen (secondary N) is 1. The first kappa shape index (κ1) is 11.6. The van der Waals surface area contributed by atoms with E-state index in [-0.39, 0.29) is 5.82 Å². The van der Waals surface area contributed by atoms with E-state index in [1.165, 1.54) is 31.7 Å². The van der Waals surface area contributed by atoms with E-state index in [1.807, 2.05) is 6.07 Å². The van der Waals surface area contributed by atoms with Crippen LogP contribution in [0.4, 0.5) is 4.39 Å². The molecule has 0 radical (unpaired) electrons. The molecule has 1 nitrogen and oxygen atoms in total. The van der Waals surface area contributed by atoms with E-state index in [0.29, 0.717) is 6.04 Å². The lowest BCUT2D eigenvalue weighted by Crippen LogP contribution is -2.25. The van der Waals surface area contributed by atoms with Gasteiger partial charge in [-0.25, -0.2) is 4.39 Å². The zero-order valence-corrected chi connectivity index (χ0v) is 9.88. The van der Waals surface area contributed by atoms with Crippen molar-refractivity contribution in [2.24, 2.45) is 5.92 Å². The van der Waals surface area contributed by atoms with Crippen molar-refractivity contribution in [2.75, 3.05) is 0 Å². The van der Waals surface area contributed by atoms with Crippen LogP contribution >= 0.6 is 0 Å². The maximum Gasteiger partial charge on any atom is 0.123 e. The summed E-state index contributed by atoms with van der Waals surface area (Å²) in [5, 5.41) is 3.52. The molecule has 0 amide bonds. The van der Waals surface area contributed by atoms with Gasteiger partial charge in [0.05, 0.1) is 0 Å². The fourth-order valence-electron chi connectivity index (χ4n) is 2.54. The summed E-state index contributed by atoms with van der Waals surface area (Å²) < 4.78 is 13.0. The lowest BCUT2D eigenvalue weighted by molar-refractivity contribution is 0.476. The number of hydrogen-bond donors (Lipinski definition) is 1. The van der Waals surface area contributed by atoms with Gasteiger partial charge in [-0.3, -0.25) is 0 Å². The molecule has 2 rings (SSSR count). The van der Waals surface area contributed by atoms with Crippen LogP contribution in [0.2, 0.25) is 0 Å². The van der Waals surface area contributed by atoms with Gasteiger partial charge in [0.25, 0.3) is 0 Å². The van der Waals surface area contributed by atoms with Crippen LogP contribution in [-0.2, 0) is 6.54 Å². The highest BCUT2D eigenvalue weighted by molar-refractivity contribution is 5.16. The molecule has 0 heterocycles. The molecule has 2 unspecified atom stereocenters. The van der Waals surface area contributed by atoms with E-state index in [2.05, 4.69) is 12.2 Å². The van der Waals surface area contributed by atoms with Crippen molar-refractivity contribution in [3.05, 3.63) is 35.6 Å². The van der Waals surface area contributed by atoms with Gasteiger partial charge in [0, 0.05) is 12.6 Å². The molecule has 1 fully saturated rings. The predicted molar refractivity (Wildman–Crippen MR) is 64.7 cm³/mol. The fourth-order valence-corrected chi connectivity index (χ4v) is 2.54. The minimum absolute atomic E-state index is 0.142. The van der Waals surface area contributed by atoms with Gasteiger partial charge in [-0.15, -0.1) is 0 Å². The average molecular weight is 221 g/mol. The molecule has 0 saturated heterocycles. The average Bonchev–Trinajstić information content (AvgIpc) is 2.74. The summed E-state index contributed by atoms with van der Waals surface area (Å²) in [7, 11) is 0. The Balaban J connectivity index is 1.80. The van der Waals surface area contributed by atoms with Crippen molar-refractivity contribution in [3.8, 4) is 0 Å². The van der Waals surface area contributed by atoms with Crippen LogP contribution in [0.1, 0.15) is 38.2 Å². The minimum atomic E-state index is -0.142. The molecule has 0 aliphatic heterocycles. The molecule has 2 atom stereocenters. The van der Waals surface area contributed by atoms with Crippen LogP contribution in [0.25, 0.3) is 0 Å². The van der Waals surface area contributed by atoms with Gasteiger partial charge >= 0.3 is 0 Å². The molecule has 2 heteroatoms. The molecule has 88 valence electrons. The largest absolute Gasteiger partial charge is 0.310 e. The van der Waals surface area contributed by atoms with Gasteiger partial charge in [0.15, 0.2) is 0 Å². The molecule has 1 aromatic carbocycles. The number of rotatable bonds is 4. The number of hydrogen-bond acceptors (Lipinski definition) is 1. The normalized spacial score (nSPS) is 24.9. The maximum absolute atomic E-state index is 13.0. The van der Waals surface area contributed by atoms with Gasteiger partial charge in [-0.05, 0) is 42.9 Å². The van der Waals surface area contributed by atoms with E-state index >= 15 is 0 Å². The Bertz CT molecular complexity index is 337. The lowest BCUT2D eigenvalue weighted by atomic mass is 10.1. The standard InChI is InChI=1S/C14H20FN/c1-2-11-6-7-14(9-11)16-10-12-4-3-5-13(15)8-12/h3-5,8,11,14,16H,2,6-7,9-10H2,1H3. The summed E-state index contributed by atoms with van der Waals surface area (Å²) in [6, 6.07) is 7.48. The molecule has 1 aromatic rings. The van der Waals surface area contributed by atoms with Crippen molar-refractivity contribution in [1.29, 1.82) is 0 Å². The van der Waals surface area contributed by atoms with Gasteiger partial charge < -0.3 is 5.32 Å². The Kier molecular flexibility index (Phi) is 3.94. The van der Waals surface area contributed by atoms with Gasteiger partial charge in [-0.2, -0.15) is 0 Å². The van der Waals surface area contributed by atoms with Gasteiger partial charge in [-0.1, -0.05) is 25.5 Å². The third kappa shape index (κ3) is 3.05. The molecule has 16 heavy (non-hydrogen) atoms. The monoisotopic (exact) mass is 221 g/mol. The first-order valence-corrected chi connectivity index (χ1v) is 6.25. The molecule has 0 bridgehead atoms. The second-order valence-corrected chi connectivity index (χ2v) is 4.80. The summed E-state index contributed by atoms with van der Waals surface area (Å²) in [6.07, 6.45) is 5.19. The Hall–Kier alpha value is -0.890. The van der Waals surface area contributed by atoms with Crippen molar-refractivity contribution in [1.82, 2.24) is 5.32 Å². The van der Waals surface area contributed by atoms with Crippen LogP contribution in [0.15, 0.2) is 24.3 Å². The van der Waals surface area contributed by atoms with Crippen LogP contribution in [-0.4, -0.2) is 6.04 Å². The molecule has 1 aliphatic rings. The Morgan fingerprint density at radius 1 is 1.38 bits per heavy atom. The molecule has 1 saturated carbocycles. The Morgan fingerprint density at radius 3 is 2.94 bits per heavy atom. The van der Waals surface area contributed by atoms with E-state index in [1.54, 1.807) is 12.1 Å². The molecular weight excluding hydrogens is 201 g/mol. The zero-order chi connectivity index (χ0) is 11.4. The highest BCUT2D eigenvalue weighted by Gasteiger charge is 2.22. The fraction of sp³-hybridized carbons (Fsp3) is 0.571. The van der Waals surface area contributed by atoms with E-state index in [9.17, 15) is 4.39 Å². The van der Waals surface area contributed by atoms with Crippen molar-refractivity contribution in [2.45, 2.75) is 45.2 Å². The Morgan fingerprint density at radius 2 is 2.25 bits per heavy atom. The molecule has 1 aliphatic carbocycles. The Labute approximate surface area is 97.1 Å². The summed E-state index contributed by atoms with van der Waals surface area (Å²) in [6.45, 7) is 3.05.